The molecular weight excluding hydrogens is 240 g/mol. The second kappa shape index (κ2) is 7.26. The molecule has 1 saturated heterocycles. The first-order valence-corrected chi connectivity index (χ1v) is 6.99. The summed E-state index contributed by atoms with van der Waals surface area (Å²) in [6.45, 7) is 1.27. The van der Waals surface area contributed by atoms with Gasteiger partial charge in [0.25, 0.3) is 0 Å². The molecule has 1 heterocycles. The molecule has 1 aliphatic heterocycles. The van der Waals surface area contributed by atoms with Crippen molar-refractivity contribution in [1.29, 1.82) is 0 Å². The predicted octanol–water partition coefficient (Wildman–Crippen LogP) is 2.43. The maximum absolute atomic E-state index is 11.9. The molecule has 1 unspecified atom stereocenters. The minimum atomic E-state index is 0.0371. The van der Waals surface area contributed by atoms with Crippen LogP contribution in [0.15, 0.2) is 24.3 Å². The monoisotopic (exact) mass is 262 g/mol. The average molecular weight is 262 g/mol. The number of ether oxygens (including phenoxy) is 1. The second-order valence-corrected chi connectivity index (χ2v) is 4.94. The molecule has 1 aromatic rings. The van der Waals surface area contributed by atoms with Crippen molar-refractivity contribution in [3.05, 3.63) is 29.8 Å². The molecule has 1 aromatic carbocycles. The molecule has 1 aliphatic rings. The highest BCUT2D eigenvalue weighted by Gasteiger charge is 2.15. The van der Waals surface area contributed by atoms with Gasteiger partial charge in [0.15, 0.2) is 0 Å². The number of nitrogens with two attached hydrogens (primary N) is 1. The number of hydrogen-bond donors (Lipinski definition) is 2. The van der Waals surface area contributed by atoms with Crippen molar-refractivity contribution < 1.29 is 9.53 Å². The lowest BCUT2D eigenvalue weighted by molar-refractivity contribution is -0.117. The van der Waals surface area contributed by atoms with E-state index in [0.29, 0.717) is 13.0 Å². The lowest BCUT2D eigenvalue weighted by atomic mass is 10.0. The van der Waals surface area contributed by atoms with Gasteiger partial charge in [0.2, 0.25) is 5.91 Å². The molecule has 4 heteroatoms. The fourth-order valence-corrected chi connectivity index (χ4v) is 2.36. The van der Waals surface area contributed by atoms with E-state index in [-0.39, 0.29) is 12.0 Å². The van der Waals surface area contributed by atoms with Gasteiger partial charge in [0.1, 0.15) is 0 Å². The van der Waals surface area contributed by atoms with Gasteiger partial charge in [-0.3, -0.25) is 4.79 Å². The van der Waals surface area contributed by atoms with Crippen LogP contribution in [0.4, 0.5) is 5.69 Å². The molecule has 0 saturated carbocycles. The Kier molecular flexibility index (Phi) is 5.36. The van der Waals surface area contributed by atoms with Crippen LogP contribution in [-0.4, -0.2) is 18.6 Å². The smallest absolute Gasteiger partial charge is 0.224 e. The van der Waals surface area contributed by atoms with Crippen molar-refractivity contribution >= 4 is 11.6 Å². The zero-order valence-electron chi connectivity index (χ0n) is 11.2. The van der Waals surface area contributed by atoms with E-state index in [1.165, 1.54) is 6.42 Å². The summed E-state index contributed by atoms with van der Waals surface area (Å²) in [6.07, 6.45) is 4.99. The third kappa shape index (κ3) is 4.33. The minimum Gasteiger partial charge on any atom is -0.378 e. The SMILES string of the molecule is NCc1ccccc1NC(=O)CCC1CCCCO1. The maximum atomic E-state index is 11.9. The van der Waals surface area contributed by atoms with Crippen LogP contribution in [-0.2, 0) is 16.1 Å². The number of carbonyl (C=O) groups is 1. The summed E-state index contributed by atoms with van der Waals surface area (Å²) >= 11 is 0. The zero-order chi connectivity index (χ0) is 13.5. The minimum absolute atomic E-state index is 0.0371. The van der Waals surface area contributed by atoms with Gasteiger partial charge in [-0.25, -0.2) is 0 Å². The molecule has 104 valence electrons. The van der Waals surface area contributed by atoms with E-state index in [1.807, 2.05) is 24.3 Å². The third-order valence-corrected chi connectivity index (χ3v) is 3.48. The Labute approximate surface area is 114 Å². The van der Waals surface area contributed by atoms with Crippen LogP contribution in [0.5, 0.6) is 0 Å². The Morgan fingerprint density at radius 1 is 1.37 bits per heavy atom. The summed E-state index contributed by atoms with van der Waals surface area (Å²) in [4.78, 5) is 11.9. The molecule has 0 bridgehead atoms. The number of nitrogens with one attached hydrogen (secondary N) is 1. The van der Waals surface area contributed by atoms with E-state index in [2.05, 4.69) is 5.32 Å². The standard InChI is InChI=1S/C15H22N2O2/c16-11-12-5-1-2-7-14(12)17-15(18)9-8-13-6-3-4-10-19-13/h1-2,5,7,13H,3-4,6,8-11,16H2,(H,17,18). The molecule has 19 heavy (non-hydrogen) atoms. The number of anilines is 1. The summed E-state index contributed by atoms with van der Waals surface area (Å²) in [7, 11) is 0. The van der Waals surface area contributed by atoms with Gasteiger partial charge in [0, 0.05) is 25.3 Å². The first-order valence-electron chi connectivity index (χ1n) is 6.99. The summed E-state index contributed by atoms with van der Waals surface area (Å²) in [5.74, 6) is 0.0371. The van der Waals surface area contributed by atoms with Crippen LogP contribution < -0.4 is 11.1 Å². The lowest BCUT2D eigenvalue weighted by Gasteiger charge is -2.22. The van der Waals surface area contributed by atoms with Crippen molar-refractivity contribution in [2.24, 2.45) is 5.73 Å². The van der Waals surface area contributed by atoms with Crippen molar-refractivity contribution in [3.63, 3.8) is 0 Å². The molecule has 1 atom stereocenters. The summed E-state index contributed by atoms with van der Waals surface area (Å²) in [5, 5.41) is 2.93. The van der Waals surface area contributed by atoms with Gasteiger partial charge in [-0.1, -0.05) is 18.2 Å². The van der Waals surface area contributed by atoms with Crippen molar-refractivity contribution in [1.82, 2.24) is 0 Å². The summed E-state index contributed by atoms with van der Waals surface area (Å²) in [6, 6.07) is 7.64. The predicted molar refractivity (Wildman–Crippen MR) is 75.8 cm³/mol. The number of amides is 1. The quantitative estimate of drug-likeness (QED) is 0.856. The highest BCUT2D eigenvalue weighted by molar-refractivity contribution is 5.91. The largest absolute Gasteiger partial charge is 0.378 e. The molecule has 1 fully saturated rings. The zero-order valence-corrected chi connectivity index (χ0v) is 11.2. The third-order valence-electron chi connectivity index (χ3n) is 3.48. The Morgan fingerprint density at radius 3 is 2.95 bits per heavy atom. The van der Waals surface area contributed by atoms with Crippen molar-refractivity contribution in [3.8, 4) is 0 Å². The highest BCUT2D eigenvalue weighted by atomic mass is 16.5. The van der Waals surface area contributed by atoms with Crippen LogP contribution in [0.25, 0.3) is 0 Å². The Hall–Kier alpha value is -1.39. The lowest BCUT2D eigenvalue weighted by Crippen LogP contribution is -2.22. The van der Waals surface area contributed by atoms with E-state index < -0.39 is 0 Å². The van der Waals surface area contributed by atoms with Crippen molar-refractivity contribution in [2.75, 3.05) is 11.9 Å². The van der Waals surface area contributed by atoms with Crippen LogP contribution in [0.2, 0.25) is 0 Å². The van der Waals surface area contributed by atoms with Gasteiger partial charge < -0.3 is 15.8 Å². The van der Waals surface area contributed by atoms with Crippen LogP contribution in [0.1, 0.15) is 37.7 Å². The molecule has 0 aliphatic carbocycles. The molecule has 3 N–H and O–H groups in total. The van der Waals surface area contributed by atoms with Gasteiger partial charge in [-0.05, 0) is 37.3 Å². The van der Waals surface area contributed by atoms with Gasteiger partial charge >= 0.3 is 0 Å². The van der Waals surface area contributed by atoms with Gasteiger partial charge in [-0.2, -0.15) is 0 Å². The Morgan fingerprint density at radius 2 is 2.21 bits per heavy atom. The highest BCUT2D eigenvalue weighted by Crippen LogP contribution is 2.18. The maximum Gasteiger partial charge on any atom is 0.224 e. The first-order chi connectivity index (χ1) is 9.29. The van der Waals surface area contributed by atoms with Crippen molar-refractivity contribution in [2.45, 2.75) is 44.8 Å². The van der Waals surface area contributed by atoms with Gasteiger partial charge in [0.05, 0.1) is 6.10 Å². The summed E-state index contributed by atoms with van der Waals surface area (Å²) in [5.41, 5.74) is 7.43. The Bertz CT molecular complexity index is 414. The van der Waals surface area contributed by atoms with E-state index in [1.54, 1.807) is 0 Å². The van der Waals surface area contributed by atoms with Crippen LogP contribution in [0, 0.1) is 0 Å². The number of benzene rings is 1. The van der Waals surface area contributed by atoms with Crippen LogP contribution >= 0.6 is 0 Å². The Balaban J connectivity index is 1.80. The van der Waals surface area contributed by atoms with E-state index in [0.717, 1.165) is 37.1 Å². The molecule has 0 spiro atoms. The molecular formula is C15H22N2O2. The molecule has 1 amide bonds. The van der Waals surface area contributed by atoms with E-state index >= 15 is 0 Å². The first kappa shape index (κ1) is 14.0. The fraction of sp³-hybridized carbons (Fsp3) is 0.533. The summed E-state index contributed by atoms with van der Waals surface area (Å²) < 4.78 is 5.62. The van der Waals surface area contributed by atoms with Gasteiger partial charge in [-0.15, -0.1) is 0 Å². The number of carbonyl (C=O) groups excluding carboxylic acids is 1. The molecule has 4 nitrogen and oxygen atoms in total. The topological polar surface area (TPSA) is 64.3 Å². The molecule has 2 rings (SSSR count). The number of rotatable bonds is 5. The average Bonchev–Trinajstić information content (AvgIpc) is 2.47. The number of para-hydroxylation sites is 1. The number of hydrogen-bond acceptors (Lipinski definition) is 3. The molecule has 0 radical (unpaired) electrons. The second-order valence-electron chi connectivity index (χ2n) is 4.94. The fourth-order valence-electron chi connectivity index (χ4n) is 2.36. The normalized spacial score (nSPS) is 19.1. The van der Waals surface area contributed by atoms with E-state index in [9.17, 15) is 4.79 Å². The molecule has 0 aromatic heterocycles. The van der Waals surface area contributed by atoms with Crippen LogP contribution in [0.3, 0.4) is 0 Å². The van der Waals surface area contributed by atoms with E-state index in [4.69, 9.17) is 10.5 Å².